The van der Waals surface area contributed by atoms with Crippen molar-refractivity contribution in [1.82, 2.24) is 15.1 Å². The number of carbonyl (C=O) groups is 2. The fourth-order valence-electron chi connectivity index (χ4n) is 3.60. The Morgan fingerprint density at radius 3 is 2.80 bits per heavy atom. The topological polar surface area (TPSA) is 84.2 Å². The van der Waals surface area contributed by atoms with E-state index in [0.717, 1.165) is 24.1 Å². The maximum Gasteiger partial charge on any atom is 0.308 e. The second kappa shape index (κ2) is 7.09. The molecule has 1 aromatic carbocycles. The van der Waals surface area contributed by atoms with Crippen molar-refractivity contribution >= 4 is 11.9 Å². The van der Waals surface area contributed by atoms with Gasteiger partial charge >= 0.3 is 5.97 Å². The highest BCUT2D eigenvalue weighted by atomic mass is 16.4. The van der Waals surface area contributed by atoms with Gasteiger partial charge in [-0.3, -0.25) is 9.59 Å². The minimum absolute atomic E-state index is 0.164. The van der Waals surface area contributed by atoms with Crippen LogP contribution in [0.25, 0.3) is 5.69 Å². The number of amides is 1. The van der Waals surface area contributed by atoms with Crippen LogP contribution in [0.1, 0.15) is 38.2 Å². The van der Waals surface area contributed by atoms with E-state index in [9.17, 15) is 14.7 Å². The molecule has 1 aliphatic rings. The number of carboxylic acids is 1. The molecule has 25 heavy (non-hydrogen) atoms. The molecule has 3 rings (SSSR count). The lowest BCUT2D eigenvalue weighted by molar-refractivity contribution is -0.146. The molecule has 132 valence electrons. The first-order valence-electron chi connectivity index (χ1n) is 8.61. The highest BCUT2D eigenvalue weighted by Crippen LogP contribution is 2.33. The summed E-state index contributed by atoms with van der Waals surface area (Å²) in [5.74, 6) is -1.53. The summed E-state index contributed by atoms with van der Waals surface area (Å²) >= 11 is 0. The number of hydrogen-bond acceptors (Lipinski definition) is 3. The van der Waals surface area contributed by atoms with Gasteiger partial charge in [0.15, 0.2) is 0 Å². The molecule has 0 spiro atoms. The number of nitrogens with one attached hydrogen (secondary N) is 1. The number of benzene rings is 1. The number of hydrogen-bond donors (Lipinski definition) is 2. The van der Waals surface area contributed by atoms with Crippen molar-refractivity contribution in [1.29, 1.82) is 0 Å². The van der Waals surface area contributed by atoms with Crippen LogP contribution in [-0.4, -0.2) is 32.3 Å². The molecule has 2 N–H and O–H groups in total. The lowest BCUT2D eigenvalue weighted by Gasteiger charge is -2.39. The largest absolute Gasteiger partial charge is 0.481 e. The predicted molar refractivity (Wildman–Crippen MR) is 93.4 cm³/mol. The van der Waals surface area contributed by atoms with Crippen molar-refractivity contribution in [3.8, 4) is 5.69 Å². The van der Waals surface area contributed by atoms with Crippen LogP contribution in [0.4, 0.5) is 0 Å². The summed E-state index contributed by atoms with van der Waals surface area (Å²) in [5.41, 5.74) is 1.04. The third-order valence-electron chi connectivity index (χ3n) is 4.95. The normalized spacial score (nSPS) is 23.2. The SMILES string of the molecule is CC1(NC(=O)Cc2cnn(-c3ccccc3)c2)CCCCC1C(=O)O. The van der Waals surface area contributed by atoms with Crippen LogP contribution in [-0.2, 0) is 16.0 Å². The van der Waals surface area contributed by atoms with Crippen LogP contribution in [0.5, 0.6) is 0 Å². The van der Waals surface area contributed by atoms with Crippen LogP contribution in [0.2, 0.25) is 0 Å². The summed E-state index contributed by atoms with van der Waals surface area (Å²) in [5, 5.41) is 16.7. The summed E-state index contributed by atoms with van der Waals surface area (Å²) in [7, 11) is 0. The molecule has 2 unspecified atom stereocenters. The van der Waals surface area contributed by atoms with E-state index in [-0.39, 0.29) is 12.3 Å². The van der Waals surface area contributed by atoms with Crippen LogP contribution < -0.4 is 5.32 Å². The maximum absolute atomic E-state index is 12.5. The van der Waals surface area contributed by atoms with Gasteiger partial charge < -0.3 is 10.4 Å². The molecule has 1 aromatic heterocycles. The van der Waals surface area contributed by atoms with Crippen molar-refractivity contribution in [2.75, 3.05) is 0 Å². The minimum atomic E-state index is -0.834. The van der Waals surface area contributed by atoms with E-state index in [1.165, 1.54) is 0 Å². The summed E-state index contributed by atoms with van der Waals surface area (Å²) in [6.07, 6.45) is 6.82. The Morgan fingerprint density at radius 1 is 1.32 bits per heavy atom. The van der Waals surface area contributed by atoms with E-state index in [2.05, 4.69) is 10.4 Å². The van der Waals surface area contributed by atoms with Gasteiger partial charge in [0, 0.05) is 6.20 Å². The molecular weight excluding hydrogens is 318 g/mol. The minimum Gasteiger partial charge on any atom is -0.481 e. The molecule has 1 amide bonds. The first-order chi connectivity index (χ1) is 12.0. The lowest BCUT2D eigenvalue weighted by Crippen LogP contribution is -2.55. The number of carboxylic acid groups (broad SMARTS) is 1. The maximum atomic E-state index is 12.5. The number of nitrogens with zero attached hydrogens (tertiary/aromatic N) is 2. The first kappa shape index (κ1) is 17.2. The standard InChI is InChI=1S/C19H23N3O3/c1-19(10-6-5-9-16(19)18(24)25)21-17(23)11-14-12-20-22(13-14)15-7-3-2-4-8-15/h2-4,7-8,12-13,16H,5-6,9-11H2,1H3,(H,21,23)(H,24,25). The fourth-order valence-corrected chi connectivity index (χ4v) is 3.60. The predicted octanol–water partition coefficient (Wildman–Crippen LogP) is 2.56. The van der Waals surface area contributed by atoms with Crippen molar-refractivity contribution in [3.63, 3.8) is 0 Å². The molecule has 0 aliphatic heterocycles. The molecule has 1 fully saturated rings. The van der Waals surface area contributed by atoms with Crippen molar-refractivity contribution < 1.29 is 14.7 Å². The van der Waals surface area contributed by atoms with E-state index in [1.54, 1.807) is 10.9 Å². The molecule has 2 aromatic rings. The van der Waals surface area contributed by atoms with E-state index in [1.807, 2.05) is 43.5 Å². The highest BCUT2D eigenvalue weighted by Gasteiger charge is 2.42. The number of carbonyl (C=O) groups excluding carboxylic acids is 1. The number of aromatic nitrogens is 2. The van der Waals surface area contributed by atoms with Gasteiger partial charge in [-0.1, -0.05) is 31.0 Å². The molecule has 6 heteroatoms. The van der Waals surface area contributed by atoms with Gasteiger partial charge in [-0.2, -0.15) is 5.10 Å². The monoisotopic (exact) mass is 341 g/mol. The van der Waals surface area contributed by atoms with Crippen LogP contribution in [0.15, 0.2) is 42.7 Å². The molecule has 0 radical (unpaired) electrons. The third-order valence-corrected chi connectivity index (χ3v) is 4.95. The lowest BCUT2D eigenvalue weighted by atomic mass is 9.74. The molecule has 0 saturated heterocycles. The zero-order valence-electron chi connectivity index (χ0n) is 14.3. The van der Waals surface area contributed by atoms with Gasteiger partial charge in [0.25, 0.3) is 0 Å². The number of rotatable bonds is 5. The van der Waals surface area contributed by atoms with Gasteiger partial charge in [-0.25, -0.2) is 4.68 Å². The highest BCUT2D eigenvalue weighted by molar-refractivity contribution is 5.81. The first-order valence-corrected chi connectivity index (χ1v) is 8.61. The quantitative estimate of drug-likeness (QED) is 0.875. The Balaban J connectivity index is 1.66. The number of aliphatic carboxylic acids is 1. The molecule has 1 aliphatic carbocycles. The van der Waals surface area contributed by atoms with Crippen molar-refractivity contribution in [2.24, 2.45) is 5.92 Å². The van der Waals surface area contributed by atoms with E-state index >= 15 is 0 Å². The average molecular weight is 341 g/mol. The Bertz CT molecular complexity index is 756. The van der Waals surface area contributed by atoms with Crippen LogP contribution >= 0.6 is 0 Å². The summed E-state index contributed by atoms with van der Waals surface area (Å²) in [6, 6.07) is 9.68. The number of para-hydroxylation sites is 1. The Labute approximate surface area is 146 Å². The van der Waals surface area contributed by atoms with Gasteiger partial charge in [0.05, 0.1) is 29.8 Å². The van der Waals surface area contributed by atoms with E-state index in [4.69, 9.17) is 0 Å². The molecule has 1 saturated carbocycles. The Hall–Kier alpha value is -2.63. The van der Waals surface area contributed by atoms with E-state index in [0.29, 0.717) is 12.8 Å². The third kappa shape index (κ3) is 3.90. The van der Waals surface area contributed by atoms with Crippen molar-refractivity contribution in [3.05, 3.63) is 48.3 Å². The Morgan fingerprint density at radius 2 is 2.08 bits per heavy atom. The van der Waals surface area contributed by atoms with E-state index < -0.39 is 17.4 Å². The van der Waals surface area contributed by atoms with Crippen molar-refractivity contribution in [2.45, 2.75) is 44.6 Å². The molecule has 1 heterocycles. The zero-order chi connectivity index (χ0) is 17.9. The smallest absolute Gasteiger partial charge is 0.308 e. The van der Waals surface area contributed by atoms with Crippen LogP contribution in [0, 0.1) is 5.92 Å². The second-order valence-corrected chi connectivity index (χ2v) is 6.91. The van der Waals surface area contributed by atoms with Gasteiger partial charge in [0.2, 0.25) is 5.91 Å². The molecular formula is C19H23N3O3. The van der Waals surface area contributed by atoms with Gasteiger partial charge in [0.1, 0.15) is 0 Å². The summed E-state index contributed by atoms with van der Waals surface area (Å²) in [6.45, 7) is 1.84. The van der Waals surface area contributed by atoms with Gasteiger partial charge in [-0.05, 0) is 37.5 Å². The zero-order valence-corrected chi connectivity index (χ0v) is 14.3. The molecule has 2 atom stereocenters. The fraction of sp³-hybridized carbons (Fsp3) is 0.421. The molecule has 6 nitrogen and oxygen atoms in total. The Kier molecular flexibility index (Phi) is 4.88. The van der Waals surface area contributed by atoms with Gasteiger partial charge in [-0.15, -0.1) is 0 Å². The van der Waals surface area contributed by atoms with Crippen LogP contribution in [0.3, 0.4) is 0 Å². The summed E-state index contributed by atoms with van der Waals surface area (Å²) in [4.78, 5) is 24.0. The second-order valence-electron chi connectivity index (χ2n) is 6.91. The average Bonchev–Trinajstić information content (AvgIpc) is 3.03. The summed E-state index contributed by atoms with van der Waals surface area (Å²) < 4.78 is 1.73. The molecule has 0 bridgehead atoms.